The summed E-state index contributed by atoms with van der Waals surface area (Å²) in [5, 5.41) is 0.823. The molecule has 3 nitrogen and oxygen atoms in total. The second-order valence-electron chi connectivity index (χ2n) is 6.56. The monoisotopic (exact) mass is 311 g/mol. The highest BCUT2D eigenvalue weighted by Gasteiger charge is 2.16. The first-order chi connectivity index (χ1) is 9.81. The van der Waals surface area contributed by atoms with Crippen LogP contribution in [0.3, 0.4) is 0 Å². The fraction of sp³-hybridized carbons (Fsp3) is 0.647. The second-order valence-corrected chi connectivity index (χ2v) is 6.97. The van der Waals surface area contributed by atoms with Gasteiger partial charge in [-0.25, -0.2) is 0 Å². The molecule has 0 saturated heterocycles. The number of benzene rings is 1. The first-order valence-electron chi connectivity index (χ1n) is 7.74. The first kappa shape index (κ1) is 18.3. The molecule has 1 aromatic carbocycles. The number of halogens is 1. The van der Waals surface area contributed by atoms with Gasteiger partial charge in [0.25, 0.3) is 0 Å². The standard InChI is InChI=1S/C17H30ClN3/c1-13(2)12-21(10-9-20(4)5)17-8-6-7-16(18)15(17)11-14(3)19/h6-8,13-14H,9-12,19H2,1-5H3. The molecule has 21 heavy (non-hydrogen) atoms. The van der Waals surface area contributed by atoms with Crippen molar-refractivity contribution in [1.82, 2.24) is 4.90 Å². The summed E-state index contributed by atoms with van der Waals surface area (Å²) in [6.07, 6.45) is 0.811. The highest BCUT2D eigenvalue weighted by molar-refractivity contribution is 6.31. The van der Waals surface area contributed by atoms with E-state index in [0.29, 0.717) is 5.92 Å². The van der Waals surface area contributed by atoms with Crippen LogP contribution in [0.5, 0.6) is 0 Å². The van der Waals surface area contributed by atoms with Crippen molar-refractivity contribution in [2.24, 2.45) is 11.7 Å². The average Bonchev–Trinajstić information content (AvgIpc) is 2.36. The predicted molar refractivity (Wildman–Crippen MR) is 94.4 cm³/mol. The van der Waals surface area contributed by atoms with Gasteiger partial charge in [-0.1, -0.05) is 31.5 Å². The highest BCUT2D eigenvalue weighted by atomic mass is 35.5. The van der Waals surface area contributed by atoms with E-state index in [0.717, 1.165) is 31.1 Å². The summed E-state index contributed by atoms with van der Waals surface area (Å²) < 4.78 is 0. The quantitative estimate of drug-likeness (QED) is 0.800. The molecule has 120 valence electrons. The lowest BCUT2D eigenvalue weighted by atomic mass is 10.0. The van der Waals surface area contributed by atoms with Crippen LogP contribution in [0.15, 0.2) is 18.2 Å². The van der Waals surface area contributed by atoms with E-state index in [1.807, 2.05) is 19.1 Å². The van der Waals surface area contributed by atoms with E-state index in [1.54, 1.807) is 0 Å². The van der Waals surface area contributed by atoms with Crippen molar-refractivity contribution in [3.8, 4) is 0 Å². The van der Waals surface area contributed by atoms with E-state index < -0.39 is 0 Å². The zero-order valence-electron chi connectivity index (χ0n) is 14.1. The summed E-state index contributed by atoms with van der Waals surface area (Å²) in [4.78, 5) is 4.65. The van der Waals surface area contributed by atoms with Crippen molar-refractivity contribution < 1.29 is 0 Å². The SMILES string of the molecule is CC(C)CN(CCN(C)C)c1cccc(Cl)c1CC(C)N. The minimum atomic E-state index is 0.110. The molecular formula is C17H30ClN3. The molecule has 0 aromatic heterocycles. The summed E-state index contributed by atoms with van der Waals surface area (Å²) in [6, 6.07) is 6.27. The third-order valence-electron chi connectivity index (χ3n) is 3.36. The molecular weight excluding hydrogens is 282 g/mol. The highest BCUT2D eigenvalue weighted by Crippen LogP contribution is 2.29. The molecule has 0 aliphatic rings. The van der Waals surface area contributed by atoms with E-state index in [-0.39, 0.29) is 6.04 Å². The minimum absolute atomic E-state index is 0.110. The van der Waals surface area contributed by atoms with Crippen LogP contribution in [0.2, 0.25) is 5.02 Å². The summed E-state index contributed by atoms with van der Waals surface area (Å²) in [5.41, 5.74) is 8.41. The zero-order chi connectivity index (χ0) is 16.0. The Kier molecular flexibility index (Phi) is 7.50. The van der Waals surface area contributed by atoms with E-state index in [2.05, 4.69) is 43.8 Å². The predicted octanol–water partition coefficient (Wildman–Crippen LogP) is 3.25. The molecule has 2 N–H and O–H groups in total. The van der Waals surface area contributed by atoms with Crippen molar-refractivity contribution >= 4 is 17.3 Å². The normalized spacial score (nSPS) is 13.0. The van der Waals surface area contributed by atoms with Crippen LogP contribution in [0.25, 0.3) is 0 Å². The average molecular weight is 312 g/mol. The lowest BCUT2D eigenvalue weighted by molar-refractivity contribution is 0.409. The van der Waals surface area contributed by atoms with Gasteiger partial charge in [0.2, 0.25) is 0 Å². The largest absolute Gasteiger partial charge is 0.370 e. The van der Waals surface area contributed by atoms with Crippen LogP contribution in [0.1, 0.15) is 26.3 Å². The lowest BCUT2D eigenvalue weighted by Crippen LogP contribution is -2.35. The third kappa shape index (κ3) is 6.25. The number of anilines is 1. The third-order valence-corrected chi connectivity index (χ3v) is 3.72. The molecule has 0 fully saturated rings. The van der Waals surface area contributed by atoms with Crippen LogP contribution in [-0.2, 0) is 6.42 Å². The smallest absolute Gasteiger partial charge is 0.0459 e. The molecule has 0 aliphatic heterocycles. The van der Waals surface area contributed by atoms with Gasteiger partial charge in [0.05, 0.1) is 0 Å². The Labute approximate surface area is 135 Å². The summed E-state index contributed by atoms with van der Waals surface area (Å²) in [5.74, 6) is 0.606. The number of rotatable bonds is 8. The number of nitrogens with two attached hydrogens (primary N) is 1. The molecule has 0 aliphatic carbocycles. The van der Waals surface area contributed by atoms with Gasteiger partial charge in [0.15, 0.2) is 0 Å². The maximum atomic E-state index is 6.42. The summed E-state index contributed by atoms with van der Waals surface area (Å²) in [6.45, 7) is 9.57. The van der Waals surface area contributed by atoms with Crippen molar-refractivity contribution in [2.45, 2.75) is 33.2 Å². The molecule has 0 radical (unpaired) electrons. The molecule has 1 unspecified atom stereocenters. The van der Waals surface area contributed by atoms with Crippen LogP contribution in [-0.4, -0.2) is 44.7 Å². The Morgan fingerprint density at radius 1 is 1.14 bits per heavy atom. The number of hydrogen-bond donors (Lipinski definition) is 1. The van der Waals surface area contributed by atoms with Gasteiger partial charge >= 0.3 is 0 Å². The fourth-order valence-electron chi connectivity index (χ4n) is 2.44. The van der Waals surface area contributed by atoms with Gasteiger partial charge in [-0.15, -0.1) is 0 Å². The van der Waals surface area contributed by atoms with Crippen molar-refractivity contribution in [3.05, 3.63) is 28.8 Å². The second kappa shape index (κ2) is 8.62. The number of likely N-dealkylation sites (N-methyl/N-ethyl adjacent to an activating group) is 1. The molecule has 0 bridgehead atoms. The van der Waals surface area contributed by atoms with Gasteiger partial charge in [-0.05, 0) is 51.1 Å². The van der Waals surface area contributed by atoms with Gasteiger partial charge in [-0.3, -0.25) is 0 Å². The van der Waals surface area contributed by atoms with E-state index in [9.17, 15) is 0 Å². The minimum Gasteiger partial charge on any atom is -0.370 e. The van der Waals surface area contributed by atoms with E-state index in [4.69, 9.17) is 17.3 Å². The van der Waals surface area contributed by atoms with Crippen LogP contribution in [0.4, 0.5) is 5.69 Å². The zero-order valence-corrected chi connectivity index (χ0v) is 14.8. The maximum Gasteiger partial charge on any atom is 0.0459 e. The molecule has 0 saturated carbocycles. The Morgan fingerprint density at radius 2 is 1.81 bits per heavy atom. The molecule has 1 rings (SSSR count). The van der Waals surface area contributed by atoms with Gasteiger partial charge in [0.1, 0.15) is 0 Å². The van der Waals surface area contributed by atoms with Gasteiger partial charge in [-0.2, -0.15) is 0 Å². The van der Waals surface area contributed by atoms with Gasteiger partial charge < -0.3 is 15.5 Å². The Hall–Kier alpha value is -0.770. The number of hydrogen-bond acceptors (Lipinski definition) is 3. The van der Waals surface area contributed by atoms with Crippen LogP contribution in [0, 0.1) is 5.92 Å². The Morgan fingerprint density at radius 3 is 2.33 bits per heavy atom. The van der Waals surface area contributed by atoms with Crippen LogP contribution < -0.4 is 10.6 Å². The topological polar surface area (TPSA) is 32.5 Å². The first-order valence-corrected chi connectivity index (χ1v) is 8.11. The molecule has 1 aromatic rings. The summed E-state index contributed by atoms with van der Waals surface area (Å²) >= 11 is 6.42. The fourth-order valence-corrected chi connectivity index (χ4v) is 2.69. The van der Waals surface area contributed by atoms with E-state index in [1.165, 1.54) is 11.3 Å². The number of nitrogens with zero attached hydrogens (tertiary/aromatic N) is 2. The maximum absolute atomic E-state index is 6.42. The van der Waals surface area contributed by atoms with Crippen molar-refractivity contribution in [2.75, 3.05) is 38.6 Å². The molecule has 4 heteroatoms. The molecule has 0 amide bonds. The van der Waals surface area contributed by atoms with Crippen molar-refractivity contribution in [3.63, 3.8) is 0 Å². The van der Waals surface area contributed by atoms with E-state index >= 15 is 0 Å². The van der Waals surface area contributed by atoms with Crippen molar-refractivity contribution in [1.29, 1.82) is 0 Å². The molecule has 1 atom stereocenters. The molecule has 0 heterocycles. The lowest BCUT2D eigenvalue weighted by Gasteiger charge is -2.30. The Balaban J connectivity index is 3.07. The van der Waals surface area contributed by atoms with Crippen LogP contribution >= 0.6 is 11.6 Å². The Bertz CT molecular complexity index is 430. The summed E-state index contributed by atoms with van der Waals surface area (Å²) in [7, 11) is 4.21. The van der Waals surface area contributed by atoms with Gasteiger partial charge in [0, 0.05) is 36.4 Å². The molecule has 0 spiro atoms.